The SMILES string of the molecule is CC1Cc2c(ccc3c2c(Cl)cc[n+]3[O-])N1CCc1cccs1. The van der Waals surface area contributed by atoms with Gasteiger partial charge < -0.3 is 10.1 Å². The molecule has 0 radical (unpaired) electrons. The number of pyridine rings is 1. The van der Waals surface area contributed by atoms with Crippen molar-refractivity contribution < 1.29 is 4.73 Å². The third-order valence-corrected chi connectivity index (χ3v) is 5.87. The van der Waals surface area contributed by atoms with Crippen LogP contribution in [0.25, 0.3) is 10.9 Å². The van der Waals surface area contributed by atoms with Gasteiger partial charge in [0.1, 0.15) is 0 Å². The summed E-state index contributed by atoms with van der Waals surface area (Å²) in [6.45, 7) is 3.23. The van der Waals surface area contributed by atoms with Crippen LogP contribution in [0, 0.1) is 5.21 Å². The molecule has 0 amide bonds. The number of anilines is 1. The lowest BCUT2D eigenvalue weighted by molar-refractivity contribution is -0.577. The summed E-state index contributed by atoms with van der Waals surface area (Å²) < 4.78 is 0.903. The minimum Gasteiger partial charge on any atom is -0.618 e. The number of fused-ring (bicyclic) bond motifs is 3. The molecular formula is C18H17ClN2OS. The molecule has 4 rings (SSSR count). The summed E-state index contributed by atoms with van der Waals surface area (Å²) in [5.74, 6) is 0. The van der Waals surface area contributed by atoms with Crippen LogP contribution >= 0.6 is 22.9 Å². The molecule has 0 bridgehead atoms. The van der Waals surface area contributed by atoms with Crippen LogP contribution in [0.2, 0.25) is 5.02 Å². The van der Waals surface area contributed by atoms with E-state index in [1.807, 2.05) is 6.07 Å². The third kappa shape index (κ3) is 2.46. The van der Waals surface area contributed by atoms with E-state index in [2.05, 4.69) is 35.4 Å². The van der Waals surface area contributed by atoms with Gasteiger partial charge in [0, 0.05) is 35.3 Å². The van der Waals surface area contributed by atoms with Gasteiger partial charge in [0.05, 0.1) is 10.4 Å². The van der Waals surface area contributed by atoms with E-state index >= 15 is 0 Å². The number of hydrogen-bond acceptors (Lipinski definition) is 3. The second kappa shape index (κ2) is 5.69. The highest BCUT2D eigenvalue weighted by atomic mass is 35.5. The molecule has 3 nitrogen and oxygen atoms in total. The van der Waals surface area contributed by atoms with Gasteiger partial charge >= 0.3 is 0 Å². The Kier molecular flexibility index (Phi) is 3.66. The van der Waals surface area contributed by atoms with Gasteiger partial charge in [-0.2, -0.15) is 4.73 Å². The lowest BCUT2D eigenvalue weighted by atomic mass is 10.0. The molecule has 1 aromatic carbocycles. The number of hydrogen-bond donors (Lipinski definition) is 0. The summed E-state index contributed by atoms with van der Waals surface area (Å²) in [4.78, 5) is 3.84. The Morgan fingerprint density at radius 2 is 2.22 bits per heavy atom. The summed E-state index contributed by atoms with van der Waals surface area (Å²) >= 11 is 8.20. The van der Waals surface area contributed by atoms with Crippen molar-refractivity contribution in [3.8, 4) is 0 Å². The van der Waals surface area contributed by atoms with Crippen LogP contribution in [-0.2, 0) is 12.8 Å². The summed E-state index contributed by atoms with van der Waals surface area (Å²) in [6, 6.07) is 10.4. The molecule has 0 fully saturated rings. The average Bonchev–Trinajstić information content (AvgIpc) is 3.15. The van der Waals surface area contributed by atoms with Crippen molar-refractivity contribution in [2.75, 3.05) is 11.4 Å². The molecule has 5 heteroatoms. The minimum atomic E-state index is 0.423. The Labute approximate surface area is 144 Å². The van der Waals surface area contributed by atoms with E-state index in [0.29, 0.717) is 16.6 Å². The molecule has 1 unspecified atom stereocenters. The number of halogens is 1. The molecule has 23 heavy (non-hydrogen) atoms. The van der Waals surface area contributed by atoms with Gasteiger partial charge in [0.2, 0.25) is 5.52 Å². The molecule has 1 aliphatic rings. The van der Waals surface area contributed by atoms with Gasteiger partial charge in [-0.3, -0.25) is 0 Å². The van der Waals surface area contributed by atoms with Crippen molar-refractivity contribution in [3.63, 3.8) is 0 Å². The molecule has 1 atom stereocenters. The zero-order chi connectivity index (χ0) is 16.0. The molecule has 0 N–H and O–H groups in total. The number of thiophene rings is 1. The normalized spacial score (nSPS) is 17.0. The topological polar surface area (TPSA) is 30.2 Å². The van der Waals surface area contributed by atoms with E-state index in [1.54, 1.807) is 17.4 Å². The molecule has 3 heterocycles. The minimum absolute atomic E-state index is 0.423. The van der Waals surface area contributed by atoms with Crippen LogP contribution in [0.1, 0.15) is 17.4 Å². The molecule has 0 saturated heterocycles. The molecule has 0 saturated carbocycles. The van der Waals surface area contributed by atoms with Gasteiger partial charge in [0.15, 0.2) is 6.20 Å². The van der Waals surface area contributed by atoms with Crippen molar-refractivity contribution in [3.05, 3.63) is 62.6 Å². The standard InChI is InChI=1S/C18H17ClN2OS/c1-12-11-14-16(20(12)8-6-13-3-2-10-23-13)4-5-17-18(14)15(19)7-9-21(17)22/h2-5,7,9-10,12H,6,8,11H2,1H3. The zero-order valence-corrected chi connectivity index (χ0v) is 14.4. The molecule has 0 aliphatic carbocycles. The van der Waals surface area contributed by atoms with Gasteiger partial charge in [-0.1, -0.05) is 17.7 Å². The number of benzene rings is 1. The third-order valence-electron chi connectivity index (χ3n) is 4.62. The van der Waals surface area contributed by atoms with Gasteiger partial charge in [-0.15, -0.1) is 11.3 Å². The van der Waals surface area contributed by atoms with Crippen molar-refractivity contribution in [2.45, 2.75) is 25.8 Å². The number of nitrogens with zero attached hydrogens (tertiary/aromatic N) is 2. The van der Waals surface area contributed by atoms with E-state index in [4.69, 9.17) is 11.6 Å². The van der Waals surface area contributed by atoms with Crippen LogP contribution in [-0.4, -0.2) is 12.6 Å². The van der Waals surface area contributed by atoms with Gasteiger partial charge in [0.25, 0.3) is 0 Å². The van der Waals surface area contributed by atoms with Crippen molar-refractivity contribution in [1.82, 2.24) is 0 Å². The first kappa shape index (κ1) is 14.8. The molecule has 2 aromatic heterocycles. The van der Waals surface area contributed by atoms with Crippen molar-refractivity contribution in [2.24, 2.45) is 0 Å². The van der Waals surface area contributed by atoms with E-state index in [9.17, 15) is 5.21 Å². The van der Waals surface area contributed by atoms with Crippen LogP contribution in [0.15, 0.2) is 41.9 Å². The molecular weight excluding hydrogens is 328 g/mol. The Morgan fingerprint density at radius 1 is 1.35 bits per heavy atom. The lowest BCUT2D eigenvalue weighted by Gasteiger charge is -2.24. The Hall–Kier alpha value is -1.78. The highest BCUT2D eigenvalue weighted by Crippen LogP contribution is 2.39. The highest BCUT2D eigenvalue weighted by molar-refractivity contribution is 7.09. The summed E-state index contributed by atoms with van der Waals surface area (Å²) in [5.41, 5.74) is 3.08. The first-order chi connectivity index (χ1) is 11.1. The quantitative estimate of drug-likeness (QED) is 0.527. The summed E-state index contributed by atoms with van der Waals surface area (Å²) in [7, 11) is 0. The first-order valence-electron chi connectivity index (χ1n) is 7.77. The lowest BCUT2D eigenvalue weighted by Crippen LogP contribution is -2.31. The number of aromatic nitrogens is 1. The fraction of sp³-hybridized carbons (Fsp3) is 0.278. The second-order valence-electron chi connectivity index (χ2n) is 6.02. The first-order valence-corrected chi connectivity index (χ1v) is 9.03. The van der Waals surface area contributed by atoms with Crippen molar-refractivity contribution in [1.29, 1.82) is 0 Å². The largest absolute Gasteiger partial charge is 0.618 e. The Balaban J connectivity index is 1.74. The maximum absolute atomic E-state index is 12.0. The maximum atomic E-state index is 12.0. The molecule has 0 spiro atoms. The van der Waals surface area contributed by atoms with E-state index in [1.165, 1.54) is 22.3 Å². The van der Waals surface area contributed by atoms with Crippen LogP contribution < -0.4 is 9.63 Å². The average molecular weight is 345 g/mol. The predicted molar refractivity (Wildman–Crippen MR) is 96.5 cm³/mol. The predicted octanol–water partition coefficient (Wildman–Crippen LogP) is 4.18. The molecule has 3 aromatic rings. The van der Waals surface area contributed by atoms with Crippen molar-refractivity contribution >= 4 is 39.5 Å². The molecule has 118 valence electrons. The zero-order valence-electron chi connectivity index (χ0n) is 12.8. The fourth-order valence-corrected chi connectivity index (χ4v) is 4.48. The van der Waals surface area contributed by atoms with Crippen LogP contribution in [0.3, 0.4) is 0 Å². The van der Waals surface area contributed by atoms with E-state index in [-0.39, 0.29) is 0 Å². The van der Waals surface area contributed by atoms with E-state index < -0.39 is 0 Å². The Bertz CT molecular complexity index is 863. The summed E-state index contributed by atoms with van der Waals surface area (Å²) in [5, 5.41) is 15.7. The van der Waals surface area contributed by atoms with Crippen LogP contribution in [0.5, 0.6) is 0 Å². The monoisotopic (exact) mass is 344 g/mol. The highest BCUT2D eigenvalue weighted by Gasteiger charge is 2.29. The smallest absolute Gasteiger partial charge is 0.225 e. The number of rotatable bonds is 3. The summed E-state index contributed by atoms with van der Waals surface area (Å²) in [6.07, 6.45) is 3.45. The van der Waals surface area contributed by atoms with Gasteiger partial charge in [-0.25, -0.2) is 0 Å². The second-order valence-corrected chi connectivity index (χ2v) is 7.46. The Morgan fingerprint density at radius 3 is 3.00 bits per heavy atom. The van der Waals surface area contributed by atoms with Crippen LogP contribution in [0.4, 0.5) is 5.69 Å². The molecule has 1 aliphatic heterocycles. The maximum Gasteiger partial charge on any atom is 0.225 e. The van der Waals surface area contributed by atoms with Gasteiger partial charge in [-0.05, 0) is 42.8 Å². The van der Waals surface area contributed by atoms with E-state index in [0.717, 1.165) is 29.5 Å². The fourth-order valence-electron chi connectivity index (χ4n) is 3.52.